The molecule has 0 fully saturated rings. The second-order valence-electron chi connectivity index (χ2n) is 7.91. The number of aryl methyl sites for hydroxylation is 2. The summed E-state index contributed by atoms with van der Waals surface area (Å²) in [4.78, 5) is 0. The van der Waals surface area contributed by atoms with E-state index in [9.17, 15) is 0 Å². The smallest absolute Gasteiger partial charge is 0.143 e. The van der Waals surface area contributed by atoms with Crippen LogP contribution in [-0.4, -0.2) is 20.4 Å². The van der Waals surface area contributed by atoms with Gasteiger partial charge in [0.15, 0.2) is 0 Å². The van der Waals surface area contributed by atoms with Crippen molar-refractivity contribution in [2.75, 3.05) is 0 Å². The highest BCUT2D eigenvalue weighted by molar-refractivity contribution is 7.15. The molecule has 0 amide bonds. The Hall–Kier alpha value is -1.66. The third kappa shape index (κ3) is 7.24. The van der Waals surface area contributed by atoms with E-state index in [0.29, 0.717) is 0 Å². The van der Waals surface area contributed by atoms with Gasteiger partial charge in [-0.05, 0) is 12.8 Å². The van der Waals surface area contributed by atoms with Crippen LogP contribution in [0.1, 0.15) is 88.1 Å². The van der Waals surface area contributed by atoms with Gasteiger partial charge in [0.25, 0.3) is 0 Å². The van der Waals surface area contributed by atoms with Crippen LogP contribution in [0.5, 0.6) is 0 Å². The van der Waals surface area contributed by atoms with Crippen molar-refractivity contribution in [3.63, 3.8) is 0 Å². The Labute approximate surface area is 189 Å². The highest BCUT2D eigenvalue weighted by Gasteiger charge is 2.10. The van der Waals surface area contributed by atoms with Gasteiger partial charge >= 0.3 is 0 Å². The summed E-state index contributed by atoms with van der Waals surface area (Å²) in [5, 5.41) is 21.9. The van der Waals surface area contributed by atoms with Crippen LogP contribution in [0.4, 0.5) is 0 Å². The van der Waals surface area contributed by atoms with Crippen LogP contribution in [-0.2, 0) is 12.8 Å². The maximum Gasteiger partial charge on any atom is 0.147 e. The highest BCUT2D eigenvalue weighted by atomic mass is 32.1. The molecule has 0 bridgehead atoms. The van der Waals surface area contributed by atoms with Gasteiger partial charge in [-0.3, -0.25) is 0 Å². The fourth-order valence-electron chi connectivity index (χ4n) is 3.46. The summed E-state index contributed by atoms with van der Waals surface area (Å²) in [6, 6.07) is 8.53. The number of hydrogen-bond donors (Lipinski definition) is 0. The third-order valence-corrected chi connectivity index (χ3v) is 7.37. The van der Waals surface area contributed by atoms with E-state index in [2.05, 4.69) is 58.5 Å². The molecule has 3 aromatic rings. The predicted octanol–water partition coefficient (Wildman–Crippen LogP) is 7.75. The van der Waals surface area contributed by atoms with Crippen molar-refractivity contribution in [1.29, 1.82) is 0 Å². The average molecular weight is 443 g/mol. The number of unbranched alkanes of at least 4 members (excludes halogenated alkanes) is 8. The van der Waals surface area contributed by atoms with E-state index in [0.717, 1.165) is 44.0 Å². The van der Waals surface area contributed by atoms with Crippen LogP contribution in [0.15, 0.2) is 24.3 Å². The molecular formula is C24H34N4S2. The maximum atomic E-state index is 4.41. The minimum absolute atomic E-state index is 1.01. The molecule has 0 aliphatic heterocycles. The number of hydrogen-bond acceptors (Lipinski definition) is 6. The van der Waals surface area contributed by atoms with E-state index in [4.69, 9.17) is 0 Å². The molecule has 4 nitrogen and oxygen atoms in total. The van der Waals surface area contributed by atoms with Gasteiger partial charge in [-0.25, -0.2) is 0 Å². The molecule has 1 aromatic carbocycles. The minimum atomic E-state index is 1.01. The van der Waals surface area contributed by atoms with Crippen LogP contribution >= 0.6 is 22.7 Å². The van der Waals surface area contributed by atoms with Gasteiger partial charge in [-0.2, -0.15) is 0 Å². The van der Waals surface area contributed by atoms with Crippen LogP contribution in [0, 0.1) is 0 Å². The van der Waals surface area contributed by atoms with E-state index < -0.39 is 0 Å². The van der Waals surface area contributed by atoms with E-state index in [1.165, 1.54) is 64.2 Å². The number of rotatable bonds is 14. The lowest BCUT2D eigenvalue weighted by molar-refractivity contribution is 0.630. The fraction of sp³-hybridized carbons (Fsp3) is 0.583. The van der Waals surface area contributed by atoms with E-state index in [-0.39, 0.29) is 0 Å². The van der Waals surface area contributed by atoms with Crippen molar-refractivity contribution < 1.29 is 0 Å². The first kappa shape index (κ1) is 23.0. The topological polar surface area (TPSA) is 51.6 Å². The average Bonchev–Trinajstić information content (AvgIpc) is 3.44. The van der Waals surface area contributed by atoms with Crippen molar-refractivity contribution >= 4 is 22.7 Å². The molecule has 30 heavy (non-hydrogen) atoms. The first-order valence-electron chi connectivity index (χ1n) is 11.6. The summed E-state index contributed by atoms with van der Waals surface area (Å²) in [7, 11) is 0. The Bertz CT molecular complexity index is 783. The van der Waals surface area contributed by atoms with Gasteiger partial charge in [-0.15, -0.1) is 20.4 Å². The number of aromatic nitrogens is 4. The summed E-state index contributed by atoms with van der Waals surface area (Å²) < 4.78 is 0. The van der Waals surface area contributed by atoms with Crippen molar-refractivity contribution in [2.45, 2.75) is 90.9 Å². The lowest BCUT2D eigenvalue weighted by Crippen LogP contribution is -1.85. The largest absolute Gasteiger partial charge is 0.147 e. The quantitative estimate of drug-likeness (QED) is 0.239. The molecule has 0 saturated heterocycles. The Kier molecular flexibility index (Phi) is 9.90. The molecule has 3 rings (SSSR count). The molecule has 0 aliphatic carbocycles. The van der Waals surface area contributed by atoms with Gasteiger partial charge in [0.05, 0.1) is 0 Å². The van der Waals surface area contributed by atoms with Gasteiger partial charge in [-0.1, -0.05) is 112 Å². The molecule has 162 valence electrons. The third-order valence-electron chi connectivity index (χ3n) is 5.30. The Balaban J connectivity index is 1.50. The van der Waals surface area contributed by atoms with Crippen LogP contribution < -0.4 is 0 Å². The van der Waals surface area contributed by atoms with Crippen molar-refractivity contribution in [3.8, 4) is 21.1 Å². The molecule has 0 aliphatic rings. The molecule has 0 radical (unpaired) electrons. The van der Waals surface area contributed by atoms with Gasteiger partial charge in [0, 0.05) is 24.0 Å². The van der Waals surface area contributed by atoms with E-state index in [1.54, 1.807) is 22.7 Å². The summed E-state index contributed by atoms with van der Waals surface area (Å²) in [6.07, 6.45) is 15.0. The normalized spacial score (nSPS) is 11.3. The second-order valence-corrected chi connectivity index (χ2v) is 10.0. The summed E-state index contributed by atoms with van der Waals surface area (Å²) in [6.45, 7) is 4.50. The van der Waals surface area contributed by atoms with Gasteiger partial charge < -0.3 is 0 Å². The molecule has 0 N–H and O–H groups in total. The monoisotopic (exact) mass is 442 g/mol. The van der Waals surface area contributed by atoms with Crippen molar-refractivity contribution in [1.82, 2.24) is 20.4 Å². The zero-order valence-corrected chi connectivity index (χ0v) is 20.0. The Morgan fingerprint density at radius 3 is 1.33 bits per heavy atom. The first-order chi connectivity index (χ1) is 14.8. The second kappa shape index (κ2) is 12.9. The molecule has 0 atom stereocenters. The SMILES string of the molecule is CCCCCCCc1nnc(-c2ccc(-c3nnc(CCCCCCC)s3)cc2)s1. The maximum absolute atomic E-state index is 4.41. The standard InChI is InChI=1S/C24H34N4S2/c1-3-5-7-9-11-13-21-25-27-23(29-21)19-15-17-20(18-16-19)24-28-26-22(30-24)14-12-10-8-6-4-2/h15-18H,3-14H2,1-2H3. The predicted molar refractivity (Wildman–Crippen MR) is 129 cm³/mol. The zero-order valence-electron chi connectivity index (χ0n) is 18.4. The van der Waals surface area contributed by atoms with Crippen molar-refractivity contribution in [3.05, 3.63) is 34.3 Å². The minimum Gasteiger partial charge on any atom is -0.143 e. The summed E-state index contributed by atoms with van der Waals surface area (Å²) >= 11 is 3.45. The van der Waals surface area contributed by atoms with E-state index in [1.807, 2.05) is 0 Å². The summed E-state index contributed by atoms with van der Waals surface area (Å²) in [5.41, 5.74) is 2.27. The number of benzene rings is 1. The molecule has 6 heteroatoms. The van der Waals surface area contributed by atoms with Crippen LogP contribution in [0.3, 0.4) is 0 Å². The summed E-state index contributed by atoms with van der Waals surface area (Å²) in [5.74, 6) is 0. The fourth-order valence-corrected chi connectivity index (χ4v) is 5.23. The lowest BCUT2D eigenvalue weighted by Gasteiger charge is -1.98. The van der Waals surface area contributed by atoms with Gasteiger partial charge in [0.1, 0.15) is 20.0 Å². The lowest BCUT2D eigenvalue weighted by atomic mass is 10.1. The molecule has 2 heterocycles. The molecule has 0 unspecified atom stereocenters. The molecular weight excluding hydrogens is 408 g/mol. The molecule has 0 saturated carbocycles. The van der Waals surface area contributed by atoms with Gasteiger partial charge in [0.2, 0.25) is 0 Å². The van der Waals surface area contributed by atoms with Crippen LogP contribution in [0.2, 0.25) is 0 Å². The Morgan fingerprint density at radius 1 is 0.533 bits per heavy atom. The molecule has 2 aromatic heterocycles. The highest BCUT2D eigenvalue weighted by Crippen LogP contribution is 2.29. The van der Waals surface area contributed by atoms with E-state index >= 15 is 0 Å². The van der Waals surface area contributed by atoms with Crippen molar-refractivity contribution in [2.24, 2.45) is 0 Å². The zero-order chi connectivity index (χ0) is 21.0. The first-order valence-corrected chi connectivity index (χ1v) is 13.2. The molecule has 0 spiro atoms. The van der Waals surface area contributed by atoms with Crippen LogP contribution in [0.25, 0.3) is 21.1 Å². The Morgan fingerprint density at radius 2 is 0.933 bits per heavy atom. The number of nitrogens with zero attached hydrogens (tertiary/aromatic N) is 4.